The number of hydrogen-bond donors (Lipinski definition) is 0. The van der Waals surface area contributed by atoms with Crippen LogP contribution in [0.3, 0.4) is 0 Å². The second-order valence-electron chi connectivity index (χ2n) is 15.8. The van der Waals surface area contributed by atoms with Crippen LogP contribution in [0.1, 0.15) is 57.1 Å². The first kappa shape index (κ1) is 32.8. The average Bonchev–Trinajstić information content (AvgIpc) is 3.58. The summed E-state index contributed by atoms with van der Waals surface area (Å²) < 4.78 is 2.19. The van der Waals surface area contributed by atoms with Gasteiger partial charge in [0.25, 0.3) is 0 Å². The molecule has 0 amide bonds. The zero-order valence-corrected chi connectivity index (χ0v) is 31.1. The van der Waals surface area contributed by atoms with Crippen molar-refractivity contribution in [3.05, 3.63) is 127 Å². The van der Waals surface area contributed by atoms with E-state index in [4.69, 9.17) is 19.9 Å². The van der Waals surface area contributed by atoms with Crippen molar-refractivity contribution in [3.63, 3.8) is 0 Å². The van der Waals surface area contributed by atoms with Gasteiger partial charge in [0.05, 0.1) is 21.8 Å². The van der Waals surface area contributed by atoms with Gasteiger partial charge in [-0.15, -0.1) is 11.3 Å². The van der Waals surface area contributed by atoms with Crippen molar-refractivity contribution in [2.75, 3.05) is 0 Å². The highest BCUT2D eigenvalue weighted by molar-refractivity contribution is 7.25. The van der Waals surface area contributed by atoms with Gasteiger partial charge in [-0.2, -0.15) is 5.26 Å². The average molecular weight is 719 g/mol. The van der Waals surface area contributed by atoms with Crippen LogP contribution in [-0.4, -0.2) is 24.9 Å². The van der Waals surface area contributed by atoms with Crippen molar-refractivity contribution in [2.45, 2.75) is 51.4 Å². The van der Waals surface area contributed by atoms with E-state index in [1.165, 1.54) is 48.8 Å². The van der Waals surface area contributed by atoms with E-state index < -0.39 is 0 Å². The molecule has 2 fully saturated rings. The first-order valence-corrected chi connectivity index (χ1v) is 19.8. The number of aromatic nitrogens is 5. The number of pyridine rings is 2. The zero-order chi connectivity index (χ0) is 36.4. The summed E-state index contributed by atoms with van der Waals surface area (Å²) in [6.45, 7) is 4.92. The summed E-state index contributed by atoms with van der Waals surface area (Å²) in [5, 5.41) is 12.7. The van der Waals surface area contributed by atoms with Crippen LogP contribution in [0.25, 0.3) is 76.4 Å². The second kappa shape index (κ2) is 12.9. The van der Waals surface area contributed by atoms with E-state index in [0.717, 1.165) is 65.5 Å². The molecule has 2 saturated carbocycles. The van der Waals surface area contributed by atoms with Crippen molar-refractivity contribution < 1.29 is 0 Å². The molecule has 1 unspecified atom stereocenters. The Bertz CT molecular complexity index is 2740. The predicted octanol–water partition coefficient (Wildman–Crippen LogP) is 11.8. The van der Waals surface area contributed by atoms with Gasteiger partial charge in [0.2, 0.25) is 0 Å². The van der Waals surface area contributed by atoms with Crippen LogP contribution < -0.4 is 0 Å². The van der Waals surface area contributed by atoms with E-state index in [2.05, 4.69) is 91.6 Å². The van der Waals surface area contributed by atoms with Gasteiger partial charge >= 0.3 is 0 Å². The second-order valence-corrected chi connectivity index (χ2v) is 16.8. The molecule has 4 atom stereocenters. The Kier molecular flexibility index (Phi) is 7.85. The van der Waals surface area contributed by atoms with Gasteiger partial charge in [-0.05, 0) is 125 Å². The number of nitrogens with zero attached hydrogens (tertiary/aromatic N) is 6. The number of rotatable bonds is 5. The molecule has 7 heteroatoms. The monoisotopic (exact) mass is 718 g/mol. The molecule has 6 nitrogen and oxygen atoms in total. The Morgan fingerprint density at radius 2 is 1.31 bits per heavy atom. The Morgan fingerprint density at radius 3 is 2.06 bits per heavy atom. The maximum Gasteiger partial charge on any atom is 0.165 e. The van der Waals surface area contributed by atoms with Gasteiger partial charge < -0.3 is 0 Å². The molecule has 4 aromatic heterocycles. The van der Waals surface area contributed by atoms with E-state index in [9.17, 15) is 5.26 Å². The summed E-state index contributed by atoms with van der Waals surface area (Å²) in [4.78, 5) is 24.4. The van der Waals surface area contributed by atoms with Gasteiger partial charge in [-0.1, -0.05) is 68.4 Å². The normalized spacial score (nSPS) is 21.0. The summed E-state index contributed by atoms with van der Waals surface area (Å²) >= 11 is 1.69. The first-order chi connectivity index (χ1) is 26.4. The Hall–Kier alpha value is -5.84. The Labute approximate surface area is 318 Å². The number of thiophene rings is 1. The molecule has 0 N–H and O–H groups in total. The lowest BCUT2D eigenvalue weighted by molar-refractivity contribution is 0.0780. The summed E-state index contributed by atoms with van der Waals surface area (Å²) in [5.74, 6) is 4.10. The topological polar surface area (TPSA) is 88.2 Å². The van der Waals surface area contributed by atoms with Gasteiger partial charge in [0.15, 0.2) is 17.5 Å². The number of benzene rings is 4. The largest absolute Gasteiger partial charge is 0.264 e. The molecular formula is C47H38N6S. The van der Waals surface area contributed by atoms with Crippen molar-refractivity contribution in [3.8, 4) is 51.4 Å². The van der Waals surface area contributed by atoms with E-state index in [0.29, 0.717) is 28.5 Å². The molecule has 54 heavy (non-hydrogen) atoms. The number of nitriles is 1. The molecule has 4 heterocycles. The van der Waals surface area contributed by atoms with Crippen molar-refractivity contribution in [2.24, 2.45) is 17.8 Å². The minimum Gasteiger partial charge on any atom is -0.264 e. The molecule has 2 aliphatic carbocycles. The summed E-state index contributed by atoms with van der Waals surface area (Å²) in [7, 11) is 0. The van der Waals surface area contributed by atoms with Crippen LogP contribution in [0, 0.1) is 29.1 Å². The molecule has 0 radical (unpaired) electrons. The van der Waals surface area contributed by atoms with Gasteiger partial charge in [-0.25, -0.2) is 15.0 Å². The van der Waals surface area contributed by atoms with Crippen molar-refractivity contribution in [1.82, 2.24) is 24.9 Å². The van der Waals surface area contributed by atoms with E-state index >= 15 is 0 Å². The SMILES string of the molecule is C[C@@H]1C[C@@H]2C[C@H](C)CC(c3ccc(-c4ccc(-c5nc(-c6ccc(C#N)cc6)nc(-c6cnc7c(c6)sc6ccncc67)n5)c5ccccc45)cc3)(C1)C2. The van der Waals surface area contributed by atoms with E-state index in [1.807, 2.05) is 36.8 Å². The highest BCUT2D eigenvalue weighted by Gasteiger charge is 2.45. The van der Waals surface area contributed by atoms with Gasteiger partial charge in [0.1, 0.15) is 0 Å². The molecule has 0 spiro atoms. The molecule has 8 aromatic rings. The third-order valence-corrected chi connectivity index (χ3v) is 13.0. The maximum atomic E-state index is 9.45. The quantitative estimate of drug-likeness (QED) is 0.176. The van der Waals surface area contributed by atoms with Crippen LogP contribution in [-0.2, 0) is 5.41 Å². The fourth-order valence-electron chi connectivity index (χ4n) is 9.87. The lowest BCUT2D eigenvalue weighted by Crippen LogP contribution is -2.42. The minimum atomic E-state index is 0.307. The molecule has 0 saturated heterocycles. The van der Waals surface area contributed by atoms with Crippen LogP contribution in [0.5, 0.6) is 0 Å². The number of hydrogen-bond acceptors (Lipinski definition) is 7. The molecule has 0 aliphatic heterocycles. The van der Waals surface area contributed by atoms with Crippen molar-refractivity contribution >= 4 is 42.4 Å². The third-order valence-electron chi connectivity index (χ3n) is 11.9. The van der Waals surface area contributed by atoms with Gasteiger partial charge in [0, 0.05) is 45.4 Å². The Balaban J connectivity index is 1.08. The zero-order valence-electron chi connectivity index (χ0n) is 30.3. The predicted molar refractivity (Wildman–Crippen MR) is 219 cm³/mol. The van der Waals surface area contributed by atoms with Crippen LogP contribution in [0.2, 0.25) is 0 Å². The smallest absolute Gasteiger partial charge is 0.165 e. The highest BCUT2D eigenvalue weighted by atomic mass is 32.1. The standard InChI is InChI=1S/C47H38N6S/c1-28-19-31-20-29(2)23-47(22-28,24-31)35-13-11-32(12-14-35)36-15-16-39(38-6-4-3-5-37(36)38)46-52-44(33-9-7-30(25-48)8-10-33)51-45(53-46)34-21-42-43(50-26-34)40-27-49-18-17-41(40)54-42/h3-18,21,26-29,31H,19-20,22-24H2,1-2H3/t28-,29+,31-,47?. The summed E-state index contributed by atoms with van der Waals surface area (Å²) in [5.41, 5.74) is 8.31. The van der Waals surface area contributed by atoms with Crippen LogP contribution in [0.15, 0.2) is 116 Å². The lowest BCUT2D eigenvalue weighted by atomic mass is 9.54. The third kappa shape index (κ3) is 5.64. The van der Waals surface area contributed by atoms with Crippen LogP contribution in [0.4, 0.5) is 0 Å². The highest BCUT2D eigenvalue weighted by Crippen LogP contribution is 2.54. The lowest BCUT2D eigenvalue weighted by Gasteiger charge is -2.50. The Morgan fingerprint density at radius 1 is 0.648 bits per heavy atom. The molecule has 2 aliphatic rings. The maximum absolute atomic E-state index is 9.45. The van der Waals surface area contributed by atoms with Gasteiger partial charge in [-0.3, -0.25) is 9.97 Å². The number of fused-ring (bicyclic) bond motifs is 6. The summed E-state index contributed by atoms with van der Waals surface area (Å²) in [6.07, 6.45) is 12.2. The molecule has 10 rings (SSSR count). The van der Waals surface area contributed by atoms with Crippen molar-refractivity contribution in [1.29, 1.82) is 5.26 Å². The van der Waals surface area contributed by atoms with E-state index in [1.54, 1.807) is 23.5 Å². The molecule has 262 valence electrons. The van der Waals surface area contributed by atoms with E-state index in [-0.39, 0.29) is 0 Å². The fourth-order valence-corrected chi connectivity index (χ4v) is 10.9. The fraction of sp³-hybridized carbons (Fsp3) is 0.234. The molecular weight excluding hydrogens is 681 g/mol. The molecule has 2 bridgehead atoms. The minimum absolute atomic E-state index is 0.307. The first-order valence-electron chi connectivity index (χ1n) is 19.0. The molecule has 4 aromatic carbocycles. The summed E-state index contributed by atoms with van der Waals surface area (Å²) in [6, 6.07) is 36.2. The van der Waals surface area contributed by atoms with Crippen LogP contribution >= 0.6 is 11.3 Å².